The normalized spacial score (nSPS) is 11.6. The number of nitrogens with zero attached hydrogens (tertiary/aromatic N) is 1. The smallest absolute Gasteiger partial charge is 0.0765 e. The van der Waals surface area contributed by atoms with Gasteiger partial charge >= 0.3 is 0 Å². The molecule has 0 aliphatic rings. The summed E-state index contributed by atoms with van der Waals surface area (Å²) >= 11 is 0. The van der Waals surface area contributed by atoms with Gasteiger partial charge in [0.1, 0.15) is 0 Å². The van der Waals surface area contributed by atoms with E-state index in [0.29, 0.717) is 6.54 Å². The lowest BCUT2D eigenvalue weighted by molar-refractivity contribution is 0.0876. The van der Waals surface area contributed by atoms with E-state index in [4.69, 9.17) is 5.11 Å². The van der Waals surface area contributed by atoms with Crippen molar-refractivity contribution in [2.24, 2.45) is 0 Å². The lowest BCUT2D eigenvalue weighted by Crippen LogP contribution is -2.38. The molecule has 1 aromatic rings. The summed E-state index contributed by atoms with van der Waals surface area (Å²) in [7, 11) is 0. The fourth-order valence-electron chi connectivity index (χ4n) is 1.91. The van der Waals surface area contributed by atoms with Gasteiger partial charge in [0.15, 0.2) is 0 Å². The standard InChI is InChI=1S/C14H23NO2/c1-5-15(10-14(3,4)17)13-7-6-12(9-16)11(2)8-13/h6-8,16-17H,5,9-10H2,1-4H3. The summed E-state index contributed by atoms with van der Waals surface area (Å²) < 4.78 is 0. The number of aliphatic hydroxyl groups is 2. The molecule has 0 aliphatic carbocycles. The maximum Gasteiger partial charge on any atom is 0.0765 e. The Morgan fingerprint density at radius 1 is 1.29 bits per heavy atom. The molecule has 1 aromatic carbocycles. The molecular formula is C14H23NO2. The van der Waals surface area contributed by atoms with Crippen LogP contribution in [0.4, 0.5) is 5.69 Å². The van der Waals surface area contributed by atoms with Crippen molar-refractivity contribution >= 4 is 5.69 Å². The minimum absolute atomic E-state index is 0.0731. The Balaban J connectivity index is 2.93. The van der Waals surface area contributed by atoms with Gasteiger partial charge in [-0.3, -0.25) is 0 Å². The number of aliphatic hydroxyl groups excluding tert-OH is 1. The van der Waals surface area contributed by atoms with Gasteiger partial charge < -0.3 is 15.1 Å². The molecule has 0 saturated carbocycles. The third kappa shape index (κ3) is 4.02. The van der Waals surface area contributed by atoms with Crippen LogP contribution in [0.2, 0.25) is 0 Å². The molecule has 0 saturated heterocycles. The summed E-state index contributed by atoms with van der Waals surface area (Å²) in [6.07, 6.45) is 0. The molecule has 0 fully saturated rings. The second-order valence-electron chi connectivity index (χ2n) is 5.10. The van der Waals surface area contributed by atoms with E-state index in [1.807, 2.05) is 32.9 Å². The van der Waals surface area contributed by atoms with Crippen LogP contribution in [-0.4, -0.2) is 28.9 Å². The minimum atomic E-state index is -0.709. The van der Waals surface area contributed by atoms with Crippen molar-refractivity contribution in [3.05, 3.63) is 29.3 Å². The van der Waals surface area contributed by atoms with Crippen LogP contribution in [0.15, 0.2) is 18.2 Å². The van der Waals surface area contributed by atoms with Crippen molar-refractivity contribution in [3.8, 4) is 0 Å². The summed E-state index contributed by atoms with van der Waals surface area (Å²) in [5.41, 5.74) is 2.41. The first kappa shape index (κ1) is 14.0. The van der Waals surface area contributed by atoms with E-state index < -0.39 is 5.60 Å². The number of aryl methyl sites for hydroxylation is 1. The Hall–Kier alpha value is -1.06. The van der Waals surface area contributed by atoms with Crippen LogP contribution in [0.3, 0.4) is 0 Å². The predicted molar refractivity (Wildman–Crippen MR) is 71.3 cm³/mol. The van der Waals surface area contributed by atoms with Gasteiger partial charge in [-0.15, -0.1) is 0 Å². The highest BCUT2D eigenvalue weighted by Crippen LogP contribution is 2.21. The first-order chi connectivity index (χ1) is 7.87. The summed E-state index contributed by atoms with van der Waals surface area (Å²) in [5, 5.41) is 19.0. The van der Waals surface area contributed by atoms with Crippen molar-refractivity contribution in [2.75, 3.05) is 18.0 Å². The first-order valence-corrected chi connectivity index (χ1v) is 6.05. The molecule has 0 heterocycles. The molecule has 3 nitrogen and oxygen atoms in total. The van der Waals surface area contributed by atoms with Crippen LogP contribution in [0.1, 0.15) is 31.9 Å². The summed E-state index contributed by atoms with van der Waals surface area (Å²) in [6, 6.07) is 5.99. The van der Waals surface area contributed by atoms with E-state index in [-0.39, 0.29) is 6.61 Å². The van der Waals surface area contributed by atoms with Crippen LogP contribution in [-0.2, 0) is 6.61 Å². The molecule has 3 heteroatoms. The molecule has 96 valence electrons. The maximum atomic E-state index is 9.87. The monoisotopic (exact) mass is 237 g/mol. The first-order valence-electron chi connectivity index (χ1n) is 6.05. The second-order valence-corrected chi connectivity index (χ2v) is 5.10. The minimum Gasteiger partial charge on any atom is -0.392 e. The van der Waals surface area contributed by atoms with Crippen molar-refractivity contribution in [2.45, 2.75) is 39.9 Å². The molecule has 2 N–H and O–H groups in total. The molecule has 0 aromatic heterocycles. The Labute approximate surface area is 104 Å². The summed E-state index contributed by atoms with van der Waals surface area (Å²) in [5.74, 6) is 0. The number of likely N-dealkylation sites (N-methyl/N-ethyl adjacent to an activating group) is 1. The van der Waals surface area contributed by atoms with Gasteiger partial charge in [0, 0.05) is 18.8 Å². The van der Waals surface area contributed by atoms with Crippen LogP contribution in [0, 0.1) is 6.92 Å². The summed E-state index contributed by atoms with van der Waals surface area (Å²) in [6.45, 7) is 9.20. The second kappa shape index (κ2) is 5.52. The van der Waals surface area contributed by atoms with Crippen molar-refractivity contribution < 1.29 is 10.2 Å². The lowest BCUT2D eigenvalue weighted by atomic mass is 10.1. The van der Waals surface area contributed by atoms with E-state index in [1.54, 1.807) is 0 Å². The number of hydrogen-bond donors (Lipinski definition) is 2. The Morgan fingerprint density at radius 3 is 2.35 bits per heavy atom. The average molecular weight is 237 g/mol. The van der Waals surface area contributed by atoms with Gasteiger partial charge in [0.05, 0.1) is 12.2 Å². The van der Waals surface area contributed by atoms with Gasteiger partial charge in [-0.1, -0.05) is 6.07 Å². The number of anilines is 1. The lowest BCUT2D eigenvalue weighted by Gasteiger charge is -2.30. The van der Waals surface area contributed by atoms with E-state index in [2.05, 4.69) is 17.9 Å². The topological polar surface area (TPSA) is 43.7 Å². The molecule has 0 amide bonds. The van der Waals surface area contributed by atoms with Gasteiger partial charge in [0.2, 0.25) is 0 Å². The molecule has 1 rings (SSSR count). The van der Waals surface area contributed by atoms with Crippen molar-refractivity contribution in [1.82, 2.24) is 0 Å². The van der Waals surface area contributed by atoms with Gasteiger partial charge in [-0.05, 0) is 51.0 Å². The third-order valence-electron chi connectivity index (χ3n) is 2.82. The quantitative estimate of drug-likeness (QED) is 0.824. The van der Waals surface area contributed by atoms with E-state index in [0.717, 1.165) is 23.4 Å². The van der Waals surface area contributed by atoms with Crippen LogP contribution in [0.25, 0.3) is 0 Å². The van der Waals surface area contributed by atoms with Crippen LogP contribution >= 0.6 is 0 Å². The number of rotatable bonds is 5. The van der Waals surface area contributed by atoms with Gasteiger partial charge in [-0.25, -0.2) is 0 Å². The average Bonchev–Trinajstić information content (AvgIpc) is 2.24. The largest absolute Gasteiger partial charge is 0.392 e. The zero-order valence-electron chi connectivity index (χ0n) is 11.2. The zero-order chi connectivity index (χ0) is 13.1. The highest BCUT2D eigenvalue weighted by atomic mass is 16.3. The van der Waals surface area contributed by atoms with E-state index in [1.165, 1.54) is 0 Å². The highest BCUT2D eigenvalue weighted by Gasteiger charge is 2.17. The van der Waals surface area contributed by atoms with Crippen LogP contribution < -0.4 is 4.90 Å². The van der Waals surface area contributed by atoms with E-state index >= 15 is 0 Å². The fourth-order valence-corrected chi connectivity index (χ4v) is 1.91. The Morgan fingerprint density at radius 2 is 1.94 bits per heavy atom. The highest BCUT2D eigenvalue weighted by molar-refractivity contribution is 5.51. The zero-order valence-corrected chi connectivity index (χ0v) is 11.2. The van der Waals surface area contributed by atoms with Gasteiger partial charge in [0.25, 0.3) is 0 Å². The van der Waals surface area contributed by atoms with Crippen LogP contribution in [0.5, 0.6) is 0 Å². The molecule has 0 radical (unpaired) electrons. The van der Waals surface area contributed by atoms with Crippen molar-refractivity contribution in [1.29, 1.82) is 0 Å². The molecule has 0 aliphatic heterocycles. The molecule has 0 atom stereocenters. The fraction of sp³-hybridized carbons (Fsp3) is 0.571. The van der Waals surface area contributed by atoms with E-state index in [9.17, 15) is 5.11 Å². The predicted octanol–water partition coefficient (Wildman–Crippen LogP) is 2.08. The number of benzene rings is 1. The number of hydrogen-bond acceptors (Lipinski definition) is 3. The molecular weight excluding hydrogens is 214 g/mol. The SMILES string of the molecule is CCN(CC(C)(C)O)c1ccc(CO)c(C)c1. The third-order valence-corrected chi connectivity index (χ3v) is 2.82. The summed E-state index contributed by atoms with van der Waals surface area (Å²) in [4.78, 5) is 2.13. The molecule has 0 spiro atoms. The molecule has 0 unspecified atom stereocenters. The molecule has 0 bridgehead atoms. The Bertz CT molecular complexity index is 369. The molecule has 17 heavy (non-hydrogen) atoms. The van der Waals surface area contributed by atoms with Crippen molar-refractivity contribution in [3.63, 3.8) is 0 Å². The Kier molecular flexibility index (Phi) is 4.54. The maximum absolute atomic E-state index is 9.87. The van der Waals surface area contributed by atoms with Gasteiger partial charge in [-0.2, -0.15) is 0 Å².